The van der Waals surface area contributed by atoms with Gasteiger partial charge in [-0.25, -0.2) is 0 Å². The van der Waals surface area contributed by atoms with Gasteiger partial charge in [-0.2, -0.15) is 0 Å². The van der Waals surface area contributed by atoms with E-state index >= 15 is 0 Å². The van der Waals surface area contributed by atoms with Crippen LogP contribution in [-0.4, -0.2) is 25.0 Å². The Morgan fingerprint density at radius 3 is 2.32 bits per heavy atom. The number of unbranched alkanes of at least 4 members (excludes halogenated alkanes) is 7. The fourth-order valence-corrected chi connectivity index (χ4v) is 2.98. The van der Waals surface area contributed by atoms with Crippen LogP contribution in [-0.2, 0) is 9.53 Å². The number of hydrogen-bond acceptors (Lipinski definition) is 3. The van der Waals surface area contributed by atoms with Crippen LogP contribution in [0.15, 0.2) is 28.7 Å². The molecule has 0 aliphatic heterocycles. The number of rotatable bonds is 13. The molecule has 0 spiro atoms. The molecule has 1 aromatic carbocycles. The molecule has 0 unspecified atom stereocenters. The van der Waals surface area contributed by atoms with Gasteiger partial charge in [-0.15, -0.1) is 0 Å². The monoisotopic (exact) mass is 411 g/mol. The lowest BCUT2D eigenvalue weighted by molar-refractivity contribution is -0.143. The number of ether oxygens (including phenoxy) is 1. The molecule has 0 aromatic heterocycles. The lowest BCUT2D eigenvalue weighted by Crippen LogP contribution is -2.26. The van der Waals surface area contributed by atoms with E-state index in [1.165, 1.54) is 38.5 Å². The fourth-order valence-electron chi connectivity index (χ4n) is 2.51. The van der Waals surface area contributed by atoms with Crippen LogP contribution in [0.25, 0.3) is 0 Å². The van der Waals surface area contributed by atoms with E-state index in [2.05, 4.69) is 28.2 Å². The van der Waals surface area contributed by atoms with Crippen LogP contribution < -0.4 is 5.32 Å². The zero-order chi connectivity index (χ0) is 18.3. The van der Waals surface area contributed by atoms with E-state index in [1.54, 1.807) is 12.1 Å². The molecule has 0 heterocycles. The molecule has 0 atom stereocenters. The van der Waals surface area contributed by atoms with Gasteiger partial charge in [0.05, 0.1) is 18.6 Å². The summed E-state index contributed by atoms with van der Waals surface area (Å²) >= 11 is 3.34. The van der Waals surface area contributed by atoms with Gasteiger partial charge in [0.15, 0.2) is 0 Å². The molecule has 140 valence electrons. The minimum absolute atomic E-state index is 0.191. The van der Waals surface area contributed by atoms with Gasteiger partial charge in [0.25, 0.3) is 5.91 Å². The first-order valence-corrected chi connectivity index (χ1v) is 10.1. The maximum Gasteiger partial charge on any atom is 0.307 e. The number of amides is 1. The molecular weight excluding hydrogens is 382 g/mol. The smallest absolute Gasteiger partial charge is 0.307 e. The number of esters is 1. The lowest BCUT2D eigenvalue weighted by Gasteiger charge is -2.07. The van der Waals surface area contributed by atoms with Crippen molar-refractivity contribution in [1.29, 1.82) is 0 Å². The molecule has 0 aliphatic carbocycles. The summed E-state index contributed by atoms with van der Waals surface area (Å²) in [5.41, 5.74) is 0.565. The largest absolute Gasteiger partial charge is 0.466 e. The molecule has 0 aliphatic rings. The normalized spacial score (nSPS) is 10.5. The first kappa shape index (κ1) is 21.7. The summed E-state index contributed by atoms with van der Waals surface area (Å²) < 4.78 is 5.94. The molecule has 0 saturated heterocycles. The van der Waals surface area contributed by atoms with Crippen molar-refractivity contribution in [3.8, 4) is 0 Å². The van der Waals surface area contributed by atoms with Gasteiger partial charge in [0, 0.05) is 11.0 Å². The molecule has 0 bridgehead atoms. The van der Waals surface area contributed by atoms with Gasteiger partial charge < -0.3 is 10.1 Å². The predicted molar refractivity (Wildman–Crippen MR) is 105 cm³/mol. The lowest BCUT2D eigenvalue weighted by atomic mass is 10.1. The molecule has 1 rings (SSSR count). The quantitative estimate of drug-likeness (QED) is 0.356. The molecule has 5 heteroatoms. The first-order valence-electron chi connectivity index (χ1n) is 9.33. The van der Waals surface area contributed by atoms with Crippen LogP contribution in [0.3, 0.4) is 0 Å². The average molecular weight is 412 g/mol. The fraction of sp³-hybridized carbons (Fsp3) is 0.600. The van der Waals surface area contributed by atoms with E-state index in [9.17, 15) is 9.59 Å². The third-order valence-corrected chi connectivity index (χ3v) is 4.69. The number of carbonyl (C=O) groups is 2. The van der Waals surface area contributed by atoms with E-state index < -0.39 is 0 Å². The standard InChI is InChI=1S/C20H30BrNO3/c1-2-3-4-5-6-7-8-11-16-25-19(23)14-15-22-20(24)17-12-9-10-13-18(17)21/h9-10,12-13H,2-8,11,14-16H2,1H3,(H,22,24). The third kappa shape index (κ3) is 10.3. The minimum Gasteiger partial charge on any atom is -0.466 e. The Morgan fingerprint density at radius 1 is 1.00 bits per heavy atom. The number of nitrogens with one attached hydrogen (secondary N) is 1. The van der Waals surface area contributed by atoms with Crippen molar-refractivity contribution in [2.24, 2.45) is 0 Å². The highest BCUT2D eigenvalue weighted by Crippen LogP contribution is 2.15. The zero-order valence-electron chi connectivity index (χ0n) is 15.2. The minimum atomic E-state index is -0.254. The number of benzene rings is 1. The molecular formula is C20H30BrNO3. The molecule has 0 radical (unpaired) electrons. The Hall–Kier alpha value is -1.36. The van der Waals surface area contributed by atoms with Crippen LogP contribution in [0.2, 0.25) is 0 Å². The second kappa shape index (κ2) is 13.9. The number of hydrogen-bond donors (Lipinski definition) is 1. The molecule has 0 saturated carbocycles. The van der Waals surface area contributed by atoms with Crippen molar-refractivity contribution in [2.45, 2.75) is 64.7 Å². The van der Waals surface area contributed by atoms with E-state index in [1.807, 2.05) is 12.1 Å². The van der Waals surface area contributed by atoms with Crippen molar-refractivity contribution in [3.05, 3.63) is 34.3 Å². The first-order chi connectivity index (χ1) is 12.1. The van der Waals surface area contributed by atoms with E-state index in [0.29, 0.717) is 12.2 Å². The zero-order valence-corrected chi connectivity index (χ0v) is 16.8. The van der Waals surface area contributed by atoms with Gasteiger partial charge in [0.1, 0.15) is 0 Å². The van der Waals surface area contributed by atoms with Gasteiger partial charge in [-0.1, -0.05) is 64.0 Å². The predicted octanol–water partition coefficient (Wildman–Crippen LogP) is 5.25. The highest BCUT2D eigenvalue weighted by molar-refractivity contribution is 9.10. The molecule has 4 nitrogen and oxygen atoms in total. The summed E-state index contributed by atoms with van der Waals surface area (Å²) in [6.07, 6.45) is 9.96. The van der Waals surface area contributed by atoms with Crippen molar-refractivity contribution >= 4 is 27.8 Å². The van der Waals surface area contributed by atoms with Crippen LogP contribution in [0.1, 0.15) is 75.1 Å². The van der Waals surface area contributed by atoms with Crippen molar-refractivity contribution in [2.75, 3.05) is 13.2 Å². The van der Waals surface area contributed by atoms with Crippen LogP contribution in [0, 0.1) is 0 Å². The second-order valence-corrected chi connectivity index (χ2v) is 7.04. The summed E-state index contributed by atoms with van der Waals surface area (Å²) in [6, 6.07) is 7.20. The second-order valence-electron chi connectivity index (χ2n) is 6.18. The van der Waals surface area contributed by atoms with E-state index in [-0.39, 0.29) is 24.8 Å². The maximum absolute atomic E-state index is 12.0. The summed E-state index contributed by atoms with van der Waals surface area (Å²) in [7, 11) is 0. The van der Waals surface area contributed by atoms with Crippen molar-refractivity contribution in [1.82, 2.24) is 5.32 Å². The summed E-state index contributed by atoms with van der Waals surface area (Å²) in [4.78, 5) is 23.6. The summed E-state index contributed by atoms with van der Waals surface area (Å²) in [5, 5.41) is 2.74. The molecule has 1 amide bonds. The molecule has 0 fully saturated rings. The van der Waals surface area contributed by atoms with Gasteiger partial charge in [-0.05, 0) is 34.5 Å². The molecule has 1 N–H and O–H groups in total. The van der Waals surface area contributed by atoms with Gasteiger partial charge in [-0.3, -0.25) is 9.59 Å². The SMILES string of the molecule is CCCCCCCCCCOC(=O)CCNC(=O)c1ccccc1Br. The van der Waals surface area contributed by atoms with Crippen LogP contribution in [0.5, 0.6) is 0 Å². The summed E-state index contributed by atoms with van der Waals surface area (Å²) in [5.74, 6) is -0.446. The topological polar surface area (TPSA) is 55.4 Å². The number of carbonyl (C=O) groups excluding carboxylic acids is 2. The van der Waals surface area contributed by atoms with Crippen LogP contribution in [0.4, 0.5) is 0 Å². The average Bonchev–Trinajstić information content (AvgIpc) is 2.60. The van der Waals surface area contributed by atoms with Crippen molar-refractivity contribution in [3.63, 3.8) is 0 Å². The van der Waals surface area contributed by atoms with E-state index in [4.69, 9.17) is 4.74 Å². The van der Waals surface area contributed by atoms with Gasteiger partial charge >= 0.3 is 5.97 Å². The van der Waals surface area contributed by atoms with Crippen LogP contribution >= 0.6 is 15.9 Å². The Morgan fingerprint density at radius 2 is 1.64 bits per heavy atom. The van der Waals surface area contributed by atoms with E-state index in [0.717, 1.165) is 17.3 Å². The Kier molecular flexibility index (Phi) is 12.0. The third-order valence-electron chi connectivity index (χ3n) is 3.99. The van der Waals surface area contributed by atoms with Gasteiger partial charge in [0.2, 0.25) is 0 Å². The Balaban J connectivity index is 2.00. The Bertz CT molecular complexity index is 519. The Labute approximate surface area is 159 Å². The maximum atomic E-state index is 12.0. The highest BCUT2D eigenvalue weighted by atomic mass is 79.9. The van der Waals surface area contributed by atoms with Crippen molar-refractivity contribution < 1.29 is 14.3 Å². The molecule has 1 aromatic rings. The molecule has 25 heavy (non-hydrogen) atoms. The highest BCUT2D eigenvalue weighted by Gasteiger charge is 2.09. The number of halogens is 1. The summed E-state index contributed by atoms with van der Waals surface area (Å²) in [6.45, 7) is 2.99.